The van der Waals surface area contributed by atoms with Gasteiger partial charge in [0.15, 0.2) is 0 Å². The van der Waals surface area contributed by atoms with Gasteiger partial charge in [0.25, 0.3) is 5.91 Å². The molecule has 37 heavy (non-hydrogen) atoms. The number of nitrogens with zero attached hydrogens (tertiary/aromatic N) is 1. The molecule has 0 aliphatic carbocycles. The van der Waals surface area contributed by atoms with Gasteiger partial charge in [-0.05, 0) is 56.2 Å². The molecule has 1 unspecified atom stereocenters. The van der Waals surface area contributed by atoms with Crippen molar-refractivity contribution >= 4 is 23.5 Å². The number of rotatable bonds is 7. The predicted molar refractivity (Wildman–Crippen MR) is 139 cm³/mol. The maximum Gasteiger partial charge on any atom is 0.336 e. The number of para-hydroxylation sites is 1. The lowest BCUT2D eigenvalue weighted by Crippen LogP contribution is -2.38. The van der Waals surface area contributed by atoms with E-state index in [2.05, 4.69) is 5.32 Å². The van der Waals surface area contributed by atoms with E-state index in [4.69, 9.17) is 4.74 Å². The summed E-state index contributed by atoms with van der Waals surface area (Å²) < 4.78 is 19.2. The minimum absolute atomic E-state index is 0.0987. The highest BCUT2D eigenvalue weighted by atomic mass is 19.1. The van der Waals surface area contributed by atoms with Crippen LogP contribution in [-0.2, 0) is 20.9 Å². The van der Waals surface area contributed by atoms with Crippen molar-refractivity contribution in [3.63, 3.8) is 0 Å². The molecule has 1 N–H and O–H groups in total. The molecule has 190 valence electrons. The summed E-state index contributed by atoms with van der Waals surface area (Å²) in [6.45, 7) is 5.97. The van der Waals surface area contributed by atoms with Crippen LogP contribution in [0.15, 0.2) is 84.1 Å². The molecule has 3 aromatic rings. The summed E-state index contributed by atoms with van der Waals surface area (Å²) in [7, 11) is 0. The topological polar surface area (TPSA) is 75.7 Å². The van der Waals surface area contributed by atoms with Crippen LogP contribution in [0.5, 0.6) is 0 Å². The number of hydrogen-bond acceptors (Lipinski definition) is 4. The molecule has 0 saturated heterocycles. The third kappa shape index (κ3) is 5.77. The number of benzene rings is 3. The number of esters is 1. The molecule has 0 fully saturated rings. The van der Waals surface area contributed by atoms with E-state index in [1.165, 1.54) is 12.1 Å². The fourth-order valence-corrected chi connectivity index (χ4v) is 4.55. The molecule has 1 atom stereocenters. The van der Waals surface area contributed by atoms with Crippen LogP contribution in [0.25, 0.3) is 0 Å². The lowest BCUT2D eigenvalue weighted by atomic mass is 9.83. The van der Waals surface area contributed by atoms with E-state index in [0.717, 1.165) is 16.7 Å². The Morgan fingerprint density at radius 2 is 1.76 bits per heavy atom. The normalized spacial score (nSPS) is 15.5. The summed E-state index contributed by atoms with van der Waals surface area (Å²) in [5.74, 6) is -1.86. The number of hydrogen-bond donors (Lipinski definition) is 1. The zero-order valence-electron chi connectivity index (χ0n) is 21.1. The van der Waals surface area contributed by atoms with Gasteiger partial charge < -0.3 is 15.0 Å². The molecule has 0 spiro atoms. The highest BCUT2D eigenvalue weighted by Gasteiger charge is 2.36. The van der Waals surface area contributed by atoms with Crippen molar-refractivity contribution in [2.75, 3.05) is 11.9 Å². The Bertz CT molecular complexity index is 1360. The zero-order valence-corrected chi connectivity index (χ0v) is 21.1. The SMILES string of the molecule is CCOC(=O)C1=C(C)N(Cc2ccc(C(=O)Nc3ccccc3F)cc2)C(=O)CC1c1cccc(C)c1. The van der Waals surface area contributed by atoms with Crippen LogP contribution in [0.1, 0.15) is 53.2 Å². The van der Waals surface area contributed by atoms with Gasteiger partial charge in [0, 0.05) is 23.6 Å². The van der Waals surface area contributed by atoms with Gasteiger partial charge in [0.05, 0.1) is 24.4 Å². The van der Waals surface area contributed by atoms with Crippen molar-refractivity contribution in [1.82, 2.24) is 4.90 Å². The predicted octanol–water partition coefficient (Wildman–Crippen LogP) is 5.74. The van der Waals surface area contributed by atoms with Crippen LogP contribution in [0.3, 0.4) is 0 Å². The number of carbonyl (C=O) groups is 3. The van der Waals surface area contributed by atoms with Gasteiger partial charge in [0.2, 0.25) is 5.91 Å². The molecule has 0 aromatic heterocycles. The number of allylic oxidation sites excluding steroid dienone is 1. The number of anilines is 1. The number of halogens is 1. The van der Waals surface area contributed by atoms with Gasteiger partial charge in [-0.3, -0.25) is 9.59 Å². The van der Waals surface area contributed by atoms with Gasteiger partial charge in [-0.15, -0.1) is 0 Å². The molecule has 2 amide bonds. The Morgan fingerprint density at radius 1 is 1.03 bits per heavy atom. The largest absolute Gasteiger partial charge is 0.463 e. The van der Waals surface area contributed by atoms with E-state index >= 15 is 0 Å². The second-order valence-electron chi connectivity index (χ2n) is 9.00. The highest BCUT2D eigenvalue weighted by molar-refractivity contribution is 6.04. The lowest BCUT2D eigenvalue weighted by molar-refractivity contribution is -0.140. The number of amides is 2. The first kappa shape index (κ1) is 25.8. The van der Waals surface area contributed by atoms with Gasteiger partial charge in [-0.2, -0.15) is 0 Å². The molecule has 7 heteroatoms. The summed E-state index contributed by atoms with van der Waals surface area (Å²) in [5, 5.41) is 2.56. The first-order valence-electron chi connectivity index (χ1n) is 12.2. The number of nitrogens with one attached hydrogen (secondary N) is 1. The van der Waals surface area contributed by atoms with Crippen molar-refractivity contribution in [1.29, 1.82) is 0 Å². The number of carbonyl (C=O) groups excluding carboxylic acids is 3. The molecule has 1 aliphatic heterocycles. The molecule has 1 heterocycles. The van der Waals surface area contributed by atoms with E-state index in [1.54, 1.807) is 55.1 Å². The molecule has 0 radical (unpaired) electrons. The highest BCUT2D eigenvalue weighted by Crippen LogP contribution is 2.38. The summed E-state index contributed by atoms with van der Waals surface area (Å²) >= 11 is 0. The van der Waals surface area contributed by atoms with Crippen molar-refractivity contribution in [2.24, 2.45) is 0 Å². The monoisotopic (exact) mass is 500 g/mol. The Hall–Kier alpha value is -4.26. The summed E-state index contributed by atoms with van der Waals surface area (Å²) in [6.07, 6.45) is 0.151. The second kappa shape index (κ2) is 11.2. The van der Waals surface area contributed by atoms with Crippen LogP contribution in [0.4, 0.5) is 10.1 Å². The van der Waals surface area contributed by atoms with Gasteiger partial charge in [-0.1, -0.05) is 54.1 Å². The minimum atomic E-state index is -0.514. The maximum absolute atomic E-state index is 13.9. The Kier molecular flexibility index (Phi) is 7.82. The maximum atomic E-state index is 13.9. The molecule has 0 saturated carbocycles. The summed E-state index contributed by atoms with van der Waals surface area (Å²) in [5.41, 5.74) is 4.23. The first-order chi connectivity index (χ1) is 17.8. The molecular formula is C30H29FN2O4. The molecule has 4 rings (SSSR count). The molecule has 0 bridgehead atoms. The smallest absolute Gasteiger partial charge is 0.336 e. The average molecular weight is 501 g/mol. The van der Waals surface area contributed by atoms with Crippen LogP contribution >= 0.6 is 0 Å². The van der Waals surface area contributed by atoms with E-state index < -0.39 is 17.7 Å². The van der Waals surface area contributed by atoms with Crippen molar-refractivity contribution < 1.29 is 23.5 Å². The molecular weight excluding hydrogens is 471 g/mol. The van der Waals surface area contributed by atoms with E-state index in [9.17, 15) is 18.8 Å². The lowest BCUT2D eigenvalue weighted by Gasteiger charge is -2.34. The standard InChI is InChI=1S/C30H29FN2O4/c1-4-37-30(36)28-20(3)33(27(34)17-24(28)23-9-7-8-19(2)16-23)18-21-12-14-22(15-13-21)29(35)32-26-11-6-5-10-25(26)31/h5-16,24H,4,17-18H2,1-3H3,(H,32,35). The fourth-order valence-electron chi connectivity index (χ4n) is 4.55. The Labute approximate surface area is 215 Å². The number of ether oxygens (including phenoxy) is 1. The molecule has 1 aliphatic rings. The summed E-state index contributed by atoms with van der Waals surface area (Å²) in [6, 6.07) is 20.5. The fraction of sp³-hybridized carbons (Fsp3) is 0.233. The third-order valence-electron chi connectivity index (χ3n) is 6.44. The van der Waals surface area contributed by atoms with E-state index in [0.29, 0.717) is 16.8 Å². The Morgan fingerprint density at radius 3 is 2.43 bits per heavy atom. The van der Waals surface area contributed by atoms with Crippen LogP contribution in [-0.4, -0.2) is 29.3 Å². The second-order valence-corrected chi connectivity index (χ2v) is 9.00. The molecule has 3 aromatic carbocycles. The van der Waals surface area contributed by atoms with Gasteiger partial charge in [0.1, 0.15) is 5.82 Å². The van der Waals surface area contributed by atoms with Crippen molar-refractivity contribution in [2.45, 2.75) is 39.7 Å². The van der Waals surface area contributed by atoms with Crippen molar-refractivity contribution in [3.8, 4) is 0 Å². The molecule has 6 nitrogen and oxygen atoms in total. The van der Waals surface area contributed by atoms with Crippen LogP contribution in [0, 0.1) is 12.7 Å². The Balaban J connectivity index is 1.57. The van der Waals surface area contributed by atoms with Crippen LogP contribution < -0.4 is 5.32 Å². The minimum Gasteiger partial charge on any atom is -0.463 e. The third-order valence-corrected chi connectivity index (χ3v) is 6.44. The van der Waals surface area contributed by atoms with Crippen molar-refractivity contribution in [3.05, 3.63) is 112 Å². The quantitative estimate of drug-likeness (QED) is 0.420. The van der Waals surface area contributed by atoms with Crippen LogP contribution in [0.2, 0.25) is 0 Å². The van der Waals surface area contributed by atoms with E-state index in [1.807, 2.05) is 31.2 Å². The number of aryl methyl sites for hydroxylation is 1. The first-order valence-corrected chi connectivity index (χ1v) is 12.2. The van der Waals surface area contributed by atoms with Gasteiger partial charge in [-0.25, -0.2) is 9.18 Å². The zero-order chi connectivity index (χ0) is 26.5. The average Bonchev–Trinajstić information content (AvgIpc) is 2.88. The van der Waals surface area contributed by atoms with Gasteiger partial charge >= 0.3 is 5.97 Å². The van der Waals surface area contributed by atoms with E-state index in [-0.39, 0.29) is 37.1 Å². The summed E-state index contributed by atoms with van der Waals surface area (Å²) in [4.78, 5) is 40.4.